The molecule has 0 unspecified atom stereocenters. The number of nitrogens with zero attached hydrogens (tertiary/aromatic N) is 2. The molecule has 0 aliphatic carbocycles. The van der Waals surface area contributed by atoms with E-state index < -0.39 is 36.3 Å². The molecule has 4 amide bonds. The number of fused-ring (bicyclic) bond motifs is 1. The lowest BCUT2D eigenvalue weighted by molar-refractivity contribution is -0.134. The largest absolute Gasteiger partial charge is 1.00 e. The smallest absolute Gasteiger partial charge is 0.247 e. The van der Waals surface area contributed by atoms with Gasteiger partial charge in [0.05, 0.1) is 36.4 Å². The van der Waals surface area contributed by atoms with Crippen LogP contribution in [0.25, 0.3) is 10.9 Å². The van der Waals surface area contributed by atoms with E-state index in [-0.39, 0.29) is 75.0 Å². The van der Waals surface area contributed by atoms with E-state index in [1.165, 1.54) is 4.90 Å². The number of carbonyl (C=O) groups excluding carboxylic acids is 4. The first-order valence-electron chi connectivity index (χ1n) is 13.5. The third-order valence-electron chi connectivity index (χ3n) is 6.38. The van der Waals surface area contributed by atoms with Crippen molar-refractivity contribution in [3.8, 4) is 0 Å². The minimum atomic E-state index is -1.16. The lowest BCUT2D eigenvalue weighted by Gasteiger charge is -2.23. The van der Waals surface area contributed by atoms with Crippen molar-refractivity contribution in [3.63, 3.8) is 0 Å². The van der Waals surface area contributed by atoms with E-state index in [1.807, 2.05) is 54.6 Å². The van der Waals surface area contributed by atoms with Gasteiger partial charge in [-0.3, -0.25) is 24.2 Å². The summed E-state index contributed by atoms with van der Waals surface area (Å²) < 4.78 is 0. The second-order valence-electron chi connectivity index (χ2n) is 9.54. The number of nitrogens with one attached hydrogen (secondary N) is 3. The van der Waals surface area contributed by atoms with Gasteiger partial charge < -0.3 is 87.7 Å². The Bertz CT molecular complexity index is 1330. The van der Waals surface area contributed by atoms with E-state index in [4.69, 9.17) is 17.2 Å². The van der Waals surface area contributed by atoms with E-state index in [0.29, 0.717) is 31.6 Å². The molecule has 2 atom stereocenters. The number of carbonyl (C=O) groups is 4. The summed E-state index contributed by atoms with van der Waals surface area (Å²) in [5.74, 6) is -2.01. The van der Waals surface area contributed by atoms with Crippen molar-refractivity contribution in [2.24, 2.45) is 17.2 Å². The van der Waals surface area contributed by atoms with Gasteiger partial charge in [-0.05, 0) is 30.5 Å². The van der Waals surface area contributed by atoms with Crippen LogP contribution in [-0.4, -0.2) is 78.3 Å². The molecule has 0 saturated carbocycles. The average Bonchev–Trinajstić information content (AvgIpc) is 2.98. The topological polar surface area (TPSA) is 199 Å². The van der Waals surface area contributed by atoms with Crippen LogP contribution in [0.4, 0.5) is 5.69 Å². The van der Waals surface area contributed by atoms with Crippen molar-refractivity contribution in [2.75, 3.05) is 38.0 Å². The molecule has 0 aliphatic heterocycles. The van der Waals surface area contributed by atoms with Crippen molar-refractivity contribution < 1.29 is 68.8 Å². The van der Waals surface area contributed by atoms with E-state index in [1.54, 1.807) is 12.3 Å². The number of hydrogen-bond acceptors (Lipinski definition) is 8. The first-order chi connectivity index (χ1) is 19.8. The normalized spacial score (nSPS) is 11.2. The van der Waals surface area contributed by atoms with E-state index in [0.717, 1.165) is 16.5 Å². The summed E-state index contributed by atoms with van der Waals surface area (Å²) >= 11 is 0. The minimum absolute atomic E-state index is 0. The lowest BCUT2D eigenvalue weighted by Crippen LogP contribution is -3.00. The van der Waals surface area contributed by atoms with Crippen LogP contribution in [0, 0.1) is 0 Å². The SMILES string of the molecule is NCCN(CCN)C(=O)C[C@H](N)C(=O)NCC(=O)N[C@@H](CCc1ccccc1)C(=O)Nc1cnc2ccccc2c1.[Cl-].[Cl-].[Cl-].[Cl-]. The van der Waals surface area contributed by atoms with Gasteiger partial charge in [0.25, 0.3) is 0 Å². The molecule has 0 radical (unpaired) electrons. The van der Waals surface area contributed by atoms with Gasteiger partial charge in [0.1, 0.15) is 6.04 Å². The molecule has 45 heavy (non-hydrogen) atoms. The summed E-state index contributed by atoms with van der Waals surface area (Å²) in [7, 11) is 0. The fourth-order valence-electron chi connectivity index (χ4n) is 4.22. The number of nitrogens with two attached hydrogens (primary N) is 3. The van der Waals surface area contributed by atoms with E-state index in [2.05, 4.69) is 20.9 Å². The number of pyridine rings is 1. The average molecular weight is 704 g/mol. The fraction of sp³-hybridized carbons (Fsp3) is 0.345. The van der Waals surface area contributed by atoms with Crippen molar-refractivity contribution in [2.45, 2.75) is 31.3 Å². The third kappa shape index (κ3) is 14.6. The molecule has 0 aliphatic rings. The van der Waals surface area contributed by atoms with Gasteiger partial charge in [-0.15, -0.1) is 0 Å². The van der Waals surface area contributed by atoms with Crippen LogP contribution < -0.4 is 82.8 Å². The molecule has 12 nitrogen and oxygen atoms in total. The highest BCUT2D eigenvalue weighted by molar-refractivity contribution is 5.99. The number of aromatic nitrogens is 1. The Morgan fingerprint density at radius 1 is 0.844 bits per heavy atom. The Labute approximate surface area is 287 Å². The van der Waals surface area contributed by atoms with Gasteiger partial charge in [0.15, 0.2) is 0 Å². The van der Waals surface area contributed by atoms with Gasteiger partial charge in [-0.1, -0.05) is 48.5 Å². The molecule has 0 fully saturated rings. The molecule has 0 spiro atoms. The Balaban J connectivity index is 0. The zero-order chi connectivity index (χ0) is 29.6. The van der Waals surface area contributed by atoms with Crippen molar-refractivity contribution in [3.05, 3.63) is 72.4 Å². The molecule has 9 N–H and O–H groups in total. The van der Waals surface area contributed by atoms with Gasteiger partial charge in [-0.25, -0.2) is 0 Å². The van der Waals surface area contributed by atoms with Gasteiger partial charge in [0.2, 0.25) is 23.6 Å². The molecule has 0 bridgehead atoms. The molecule has 2 aromatic carbocycles. The monoisotopic (exact) mass is 702 g/mol. The minimum Gasteiger partial charge on any atom is -1.00 e. The Kier molecular flexibility index (Phi) is 22.6. The summed E-state index contributed by atoms with van der Waals surface area (Å²) in [6, 6.07) is 16.9. The molecule has 1 aromatic heterocycles. The number of rotatable bonds is 15. The predicted molar refractivity (Wildman–Crippen MR) is 157 cm³/mol. The number of aryl methyl sites for hydroxylation is 1. The highest BCUT2D eigenvalue weighted by atomic mass is 35.5. The Morgan fingerprint density at radius 3 is 2.11 bits per heavy atom. The molecule has 0 saturated heterocycles. The van der Waals surface area contributed by atoms with E-state index >= 15 is 0 Å². The highest BCUT2D eigenvalue weighted by Crippen LogP contribution is 2.17. The zero-order valence-electron chi connectivity index (χ0n) is 24.4. The summed E-state index contributed by atoms with van der Waals surface area (Å²) in [4.78, 5) is 56.7. The predicted octanol–water partition coefficient (Wildman–Crippen LogP) is -12.1. The van der Waals surface area contributed by atoms with Crippen LogP contribution in [0.1, 0.15) is 18.4 Å². The molecule has 3 rings (SSSR count). The first kappa shape index (κ1) is 43.9. The summed E-state index contributed by atoms with van der Waals surface area (Å²) in [5.41, 5.74) is 19.3. The molecule has 1 heterocycles. The maximum absolute atomic E-state index is 13.2. The zero-order valence-corrected chi connectivity index (χ0v) is 27.5. The quantitative estimate of drug-likeness (QED) is 0.0897. The van der Waals surface area contributed by atoms with Crippen molar-refractivity contribution >= 4 is 40.2 Å². The van der Waals surface area contributed by atoms with E-state index in [9.17, 15) is 19.2 Å². The summed E-state index contributed by atoms with van der Waals surface area (Å²) in [5, 5.41) is 8.83. The third-order valence-corrected chi connectivity index (χ3v) is 6.38. The maximum Gasteiger partial charge on any atom is 0.247 e. The molecule has 16 heteroatoms. The van der Waals surface area contributed by atoms with Crippen LogP contribution in [0.2, 0.25) is 0 Å². The van der Waals surface area contributed by atoms with Gasteiger partial charge in [0, 0.05) is 31.6 Å². The highest BCUT2D eigenvalue weighted by Gasteiger charge is 2.24. The number of anilines is 1. The first-order valence-corrected chi connectivity index (χ1v) is 13.5. The van der Waals surface area contributed by atoms with Crippen LogP contribution in [0.15, 0.2) is 66.9 Å². The summed E-state index contributed by atoms with van der Waals surface area (Å²) in [6.45, 7) is 0.694. The van der Waals surface area contributed by atoms with Gasteiger partial charge in [-0.2, -0.15) is 0 Å². The number of benzene rings is 2. The van der Waals surface area contributed by atoms with Crippen LogP contribution in [-0.2, 0) is 25.6 Å². The van der Waals surface area contributed by atoms with Crippen LogP contribution in [0.5, 0.6) is 0 Å². The van der Waals surface area contributed by atoms with Crippen molar-refractivity contribution in [1.82, 2.24) is 20.5 Å². The maximum atomic E-state index is 13.2. The Hall–Kier alpha value is -3.23. The molecule has 3 aromatic rings. The standard InChI is InChI=1S/C29H38N8O4.4ClH/c30-12-14-37(15-13-31)27(39)17-23(32)28(40)34-19-26(38)36-25(11-10-20-6-2-1-3-7-20)29(41)35-22-16-21-8-4-5-9-24(21)33-18-22;;;;/h1-9,16,18,23,25H,10-15,17,19,30-32H2,(H,34,40)(H,35,41)(H,36,38);4*1H/p-4/t23-,25-;;;;/m0..../s1. The number of hydrogen-bond donors (Lipinski definition) is 6. The number of para-hydroxylation sites is 1. The van der Waals surface area contributed by atoms with Crippen molar-refractivity contribution in [1.29, 1.82) is 0 Å². The number of halogens is 4. The lowest BCUT2D eigenvalue weighted by atomic mass is 10.0. The second-order valence-corrected chi connectivity index (χ2v) is 9.54. The summed E-state index contributed by atoms with van der Waals surface area (Å²) in [6.07, 6.45) is 2.16. The molecular weight excluding hydrogens is 666 g/mol. The second kappa shape index (κ2) is 23.2. The fourth-order valence-corrected chi connectivity index (χ4v) is 4.22. The number of amides is 4. The van der Waals surface area contributed by atoms with Crippen LogP contribution >= 0.6 is 0 Å². The molecule has 250 valence electrons. The van der Waals surface area contributed by atoms with Gasteiger partial charge >= 0.3 is 0 Å². The molecular formula is C29H38Cl4N8O4-4. The van der Waals surface area contributed by atoms with Crippen LogP contribution in [0.3, 0.4) is 0 Å². The Morgan fingerprint density at radius 2 is 1.47 bits per heavy atom.